The second-order valence-corrected chi connectivity index (χ2v) is 17.9. The van der Waals surface area contributed by atoms with Gasteiger partial charge in [0.15, 0.2) is 12.4 Å². The molecule has 380 valence electrons. The number of esters is 1. The predicted octanol–water partition coefficient (Wildman–Crippen LogP) is 10.9. The molecule has 0 saturated carbocycles. The van der Waals surface area contributed by atoms with Crippen molar-refractivity contribution in [1.29, 1.82) is 0 Å². The summed E-state index contributed by atoms with van der Waals surface area (Å²) < 4.78 is 17.4. The molecule has 8 atom stereocenters. The van der Waals surface area contributed by atoms with Gasteiger partial charge in [0.05, 0.1) is 25.4 Å². The minimum Gasteiger partial charge on any atom is -0.454 e. The van der Waals surface area contributed by atoms with Gasteiger partial charge < -0.3 is 45.1 Å². The van der Waals surface area contributed by atoms with Gasteiger partial charge in [0.1, 0.15) is 24.4 Å². The van der Waals surface area contributed by atoms with Crippen molar-refractivity contribution >= 4 is 11.9 Å². The summed E-state index contributed by atoms with van der Waals surface area (Å²) >= 11 is 0. The van der Waals surface area contributed by atoms with Crippen LogP contribution in [-0.2, 0) is 23.8 Å². The van der Waals surface area contributed by atoms with Gasteiger partial charge in [0.2, 0.25) is 5.91 Å². The highest BCUT2D eigenvalue weighted by Gasteiger charge is 2.47. The fraction of sp³-hybridized carbons (Fsp3) is 0.745. The van der Waals surface area contributed by atoms with Crippen LogP contribution >= 0.6 is 0 Å². The second-order valence-electron chi connectivity index (χ2n) is 17.9. The van der Waals surface area contributed by atoms with Crippen molar-refractivity contribution in [3.8, 4) is 0 Å². The molecule has 0 bridgehead atoms. The first-order chi connectivity index (χ1) is 32.2. The van der Waals surface area contributed by atoms with Crippen LogP contribution in [-0.4, -0.2) is 99.6 Å². The Hall–Kier alpha value is -2.90. The lowest BCUT2D eigenvalue weighted by atomic mass is 9.99. The van der Waals surface area contributed by atoms with E-state index in [0.29, 0.717) is 12.8 Å². The lowest BCUT2D eigenvalue weighted by Crippen LogP contribution is -2.61. The first-order valence-corrected chi connectivity index (χ1v) is 26.2. The van der Waals surface area contributed by atoms with Crippen LogP contribution in [0.5, 0.6) is 0 Å². The van der Waals surface area contributed by atoms with Crippen LogP contribution in [0.15, 0.2) is 72.9 Å². The maximum absolute atomic E-state index is 13.3. The number of rotatable bonds is 42. The van der Waals surface area contributed by atoms with E-state index >= 15 is 0 Å². The highest BCUT2D eigenvalue weighted by molar-refractivity contribution is 5.80. The maximum Gasteiger partial charge on any atom is 0.306 e. The Morgan fingerprint density at radius 1 is 0.606 bits per heavy atom. The van der Waals surface area contributed by atoms with Crippen LogP contribution in [0, 0.1) is 0 Å². The van der Waals surface area contributed by atoms with Gasteiger partial charge in [-0.1, -0.05) is 190 Å². The molecule has 1 rings (SSSR count). The Morgan fingerprint density at radius 3 is 1.64 bits per heavy atom. The Morgan fingerprint density at radius 2 is 1.09 bits per heavy atom. The number of aliphatic hydroxyl groups is 5. The molecule has 11 nitrogen and oxygen atoms in total. The maximum atomic E-state index is 13.3. The van der Waals surface area contributed by atoms with Crippen LogP contribution in [0.4, 0.5) is 0 Å². The Kier molecular flexibility index (Phi) is 40.2. The van der Waals surface area contributed by atoms with Gasteiger partial charge in [-0.25, -0.2) is 0 Å². The summed E-state index contributed by atoms with van der Waals surface area (Å²) in [5, 5.41) is 56.5. The summed E-state index contributed by atoms with van der Waals surface area (Å²) in [7, 11) is 0. The van der Waals surface area contributed by atoms with Crippen molar-refractivity contribution in [1.82, 2.24) is 5.32 Å². The van der Waals surface area contributed by atoms with Crippen molar-refractivity contribution in [3.05, 3.63) is 72.9 Å². The molecule has 0 aliphatic carbocycles. The molecule has 0 radical (unpaired) electrons. The van der Waals surface area contributed by atoms with Crippen molar-refractivity contribution in [3.63, 3.8) is 0 Å². The van der Waals surface area contributed by atoms with E-state index in [1.165, 1.54) is 77.0 Å². The molecule has 1 heterocycles. The molecule has 1 amide bonds. The SMILES string of the molecule is CC/C=C/C/C=C/C/C=C/CCCCCC(O)C(=O)NC(COC1OC(CO)C(O)C(O)C1OC(=O)CC/C=C/C/C=C\CCCCCCCC)C(O)/C=C/CCCCCCCCCCC. The number of carbonyl (C=O) groups is 2. The van der Waals surface area contributed by atoms with E-state index in [-0.39, 0.29) is 19.4 Å². The Labute approximate surface area is 400 Å². The molecule has 1 fully saturated rings. The number of nitrogens with one attached hydrogen (secondary N) is 1. The van der Waals surface area contributed by atoms with Gasteiger partial charge in [-0.05, 0) is 77.0 Å². The van der Waals surface area contributed by atoms with Gasteiger partial charge in [-0.2, -0.15) is 0 Å². The topological polar surface area (TPSA) is 175 Å². The van der Waals surface area contributed by atoms with E-state index < -0.39 is 67.4 Å². The van der Waals surface area contributed by atoms with Crippen LogP contribution < -0.4 is 5.32 Å². The number of ether oxygens (including phenoxy) is 3. The van der Waals surface area contributed by atoms with Gasteiger partial charge in [0.25, 0.3) is 0 Å². The second kappa shape index (κ2) is 43.4. The van der Waals surface area contributed by atoms with Crippen LogP contribution in [0.3, 0.4) is 0 Å². The number of carbonyl (C=O) groups excluding carboxylic acids is 2. The molecule has 11 heteroatoms. The zero-order valence-corrected chi connectivity index (χ0v) is 41.5. The molecule has 0 spiro atoms. The molecule has 0 aromatic carbocycles. The first-order valence-electron chi connectivity index (χ1n) is 26.2. The molecule has 8 unspecified atom stereocenters. The summed E-state index contributed by atoms with van der Waals surface area (Å²) in [5.41, 5.74) is 0. The first kappa shape index (κ1) is 61.1. The van der Waals surface area contributed by atoms with Gasteiger partial charge >= 0.3 is 5.97 Å². The molecule has 1 saturated heterocycles. The van der Waals surface area contributed by atoms with E-state index in [4.69, 9.17) is 14.2 Å². The number of unbranched alkanes of at least 4 members (excludes halogenated alkanes) is 18. The average molecular weight is 930 g/mol. The predicted molar refractivity (Wildman–Crippen MR) is 269 cm³/mol. The molecule has 66 heavy (non-hydrogen) atoms. The fourth-order valence-corrected chi connectivity index (χ4v) is 7.66. The fourth-order valence-electron chi connectivity index (χ4n) is 7.66. The number of hydrogen-bond acceptors (Lipinski definition) is 10. The number of hydrogen-bond donors (Lipinski definition) is 6. The molecule has 0 aromatic heterocycles. The van der Waals surface area contributed by atoms with Crippen molar-refractivity contribution in [2.24, 2.45) is 0 Å². The standard InChI is InChI=1S/C55H95NO10/c1-4-7-10-13-16-19-22-24-27-30-33-36-39-42-48(59)54(63)56-46(47(58)41-38-35-32-29-26-21-18-15-12-9-6-3)45-64-55-53(52(62)51(61)49(44-57)65-55)66-50(60)43-40-37-34-31-28-25-23-20-17-14-11-8-5-2/h7,10,16,19,24-25,27-28,34,37-38,41,46-49,51-53,55,57-59,61-62H,4-6,8-9,11-15,17-18,20-23,26,29-33,35-36,39-40,42-45H2,1-3H3,(H,56,63)/b10-7+,19-16+,27-24+,28-25-,37-34+,41-38+. The Bertz CT molecular complexity index is 1340. The molecular weight excluding hydrogens is 835 g/mol. The largest absolute Gasteiger partial charge is 0.454 e. The monoisotopic (exact) mass is 930 g/mol. The van der Waals surface area contributed by atoms with E-state index in [2.05, 4.69) is 74.7 Å². The van der Waals surface area contributed by atoms with E-state index in [0.717, 1.165) is 77.0 Å². The lowest BCUT2D eigenvalue weighted by molar-refractivity contribution is -0.305. The zero-order chi connectivity index (χ0) is 48.3. The third-order valence-corrected chi connectivity index (χ3v) is 11.9. The molecule has 1 aliphatic rings. The van der Waals surface area contributed by atoms with Crippen molar-refractivity contribution in [2.45, 2.75) is 250 Å². The van der Waals surface area contributed by atoms with E-state index in [1.807, 2.05) is 18.2 Å². The van der Waals surface area contributed by atoms with Crippen molar-refractivity contribution in [2.75, 3.05) is 13.2 Å². The summed E-state index contributed by atoms with van der Waals surface area (Å²) in [6, 6.07) is -1.05. The summed E-state index contributed by atoms with van der Waals surface area (Å²) in [6.45, 7) is 5.57. The third kappa shape index (κ3) is 32.0. The quantitative estimate of drug-likeness (QED) is 0.0196. The summed E-state index contributed by atoms with van der Waals surface area (Å²) in [6.07, 6.45) is 42.6. The van der Waals surface area contributed by atoms with Crippen LogP contribution in [0.2, 0.25) is 0 Å². The smallest absolute Gasteiger partial charge is 0.306 e. The molecule has 0 aromatic rings. The zero-order valence-electron chi connectivity index (χ0n) is 41.5. The van der Waals surface area contributed by atoms with E-state index in [1.54, 1.807) is 6.08 Å². The molecular formula is C55H95NO10. The van der Waals surface area contributed by atoms with Crippen LogP contribution in [0.25, 0.3) is 0 Å². The Balaban J connectivity index is 2.83. The normalized spacial score (nSPS) is 20.8. The molecule has 6 N–H and O–H groups in total. The van der Waals surface area contributed by atoms with Crippen molar-refractivity contribution < 1.29 is 49.3 Å². The van der Waals surface area contributed by atoms with E-state index in [9.17, 15) is 35.1 Å². The number of amides is 1. The number of aliphatic hydroxyl groups excluding tert-OH is 5. The number of allylic oxidation sites excluding steroid dienone is 11. The minimum absolute atomic E-state index is 0.0121. The average Bonchev–Trinajstić information content (AvgIpc) is 3.31. The van der Waals surface area contributed by atoms with Gasteiger partial charge in [-0.15, -0.1) is 0 Å². The van der Waals surface area contributed by atoms with Gasteiger partial charge in [-0.3, -0.25) is 9.59 Å². The van der Waals surface area contributed by atoms with Gasteiger partial charge in [0, 0.05) is 6.42 Å². The lowest BCUT2D eigenvalue weighted by Gasteiger charge is -2.41. The highest BCUT2D eigenvalue weighted by atomic mass is 16.7. The third-order valence-electron chi connectivity index (χ3n) is 11.9. The highest BCUT2D eigenvalue weighted by Crippen LogP contribution is 2.26. The summed E-state index contributed by atoms with van der Waals surface area (Å²) in [4.78, 5) is 26.3. The summed E-state index contributed by atoms with van der Waals surface area (Å²) in [5.74, 6) is -1.30. The minimum atomic E-state index is -1.64. The molecule has 1 aliphatic heterocycles. The van der Waals surface area contributed by atoms with Crippen LogP contribution in [0.1, 0.15) is 201 Å².